The molecule has 70 heavy (non-hydrogen) atoms. The summed E-state index contributed by atoms with van der Waals surface area (Å²) in [7, 11) is 0. The van der Waals surface area contributed by atoms with Crippen molar-refractivity contribution >= 4 is 109 Å². The lowest BCUT2D eigenvalue weighted by atomic mass is 9.93. The summed E-state index contributed by atoms with van der Waals surface area (Å²) in [5, 5.41) is 20.0. The molecular weight excluding hydrogens is 853 g/mol. The van der Waals surface area contributed by atoms with Gasteiger partial charge in [0, 0.05) is 43.8 Å². The molecule has 14 aromatic rings. The molecule has 15 rings (SSSR count). The van der Waals surface area contributed by atoms with Crippen LogP contribution in [0.5, 0.6) is 0 Å². The number of nitrogens with zero attached hydrogens (tertiary/aromatic N) is 3. The lowest BCUT2D eigenvalue weighted by Crippen LogP contribution is -2.34. The summed E-state index contributed by atoms with van der Waals surface area (Å²) >= 11 is 0. The summed E-state index contributed by atoms with van der Waals surface area (Å²) in [5.74, 6) is 1.46. The first-order valence-electron chi connectivity index (χ1n) is 23.9. The molecule has 5 nitrogen and oxygen atoms in total. The average molecular weight is 893 g/mol. The van der Waals surface area contributed by atoms with Gasteiger partial charge in [0.2, 0.25) is 0 Å². The Morgan fingerprint density at radius 1 is 0.386 bits per heavy atom. The number of para-hydroxylation sites is 3. The van der Waals surface area contributed by atoms with Gasteiger partial charge in [0.15, 0.2) is 5.84 Å². The van der Waals surface area contributed by atoms with E-state index in [1.807, 2.05) is 6.07 Å². The van der Waals surface area contributed by atoms with Crippen molar-refractivity contribution in [2.45, 2.75) is 6.17 Å². The van der Waals surface area contributed by atoms with Gasteiger partial charge in [-0.05, 0) is 108 Å². The van der Waals surface area contributed by atoms with E-state index in [2.05, 4.69) is 234 Å². The van der Waals surface area contributed by atoms with E-state index in [1.165, 1.54) is 21.5 Å². The van der Waals surface area contributed by atoms with Crippen molar-refractivity contribution in [1.82, 2.24) is 9.88 Å². The molecule has 12 aromatic carbocycles. The van der Waals surface area contributed by atoms with Crippen LogP contribution in [-0.4, -0.2) is 16.2 Å². The molecule has 1 unspecified atom stereocenters. The number of hydrogen-bond donors (Lipinski definition) is 1. The van der Waals surface area contributed by atoms with Crippen LogP contribution in [0.3, 0.4) is 0 Å². The number of benzene rings is 12. The maximum Gasteiger partial charge on any atom is 0.160 e. The van der Waals surface area contributed by atoms with Crippen LogP contribution in [0.2, 0.25) is 0 Å². The van der Waals surface area contributed by atoms with Crippen molar-refractivity contribution in [3.05, 3.63) is 247 Å². The van der Waals surface area contributed by atoms with E-state index in [4.69, 9.17) is 14.4 Å². The molecule has 2 aromatic heterocycles. The van der Waals surface area contributed by atoms with E-state index < -0.39 is 6.17 Å². The highest BCUT2D eigenvalue weighted by Crippen LogP contribution is 2.44. The maximum absolute atomic E-state index is 6.87. The largest absolute Gasteiger partial charge is 0.455 e. The van der Waals surface area contributed by atoms with Crippen molar-refractivity contribution in [2.24, 2.45) is 9.98 Å². The van der Waals surface area contributed by atoms with Gasteiger partial charge in [0.1, 0.15) is 23.2 Å². The van der Waals surface area contributed by atoms with Gasteiger partial charge < -0.3 is 14.3 Å². The SMILES string of the molecule is c1ccc2cc3c(cc2c1)c1ccccc1n3-c1ccc(C2N=C(c3c4ccccc4cc4ccccc34)N=C(c3c4ccccc4cc4ccccc34)N2)cc1-c1cccc2c1oc1ccccc12. The molecule has 0 saturated heterocycles. The lowest BCUT2D eigenvalue weighted by Gasteiger charge is -2.27. The third kappa shape index (κ3) is 5.85. The van der Waals surface area contributed by atoms with Crippen LogP contribution in [0, 0.1) is 0 Å². The third-order valence-electron chi connectivity index (χ3n) is 14.6. The van der Waals surface area contributed by atoms with Crippen LogP contribution >= 0.6 is 0 Å². The van der Waals surface area contributed by atoms with Gasteiger partial charge in [-0.3, -0.25) is 0 Å². The maximum atomic E-state index is 6.87. The first-order valence-corrected chi connectivity index (χ1v) is 23.9. The second-order valence-electron chi connectivity index (χ2n) is 18.5. The highest BCUT2D eigenvalue weighted by molar-refractivity contribution is 6.28. The van der Waals surface area contributed by atoms with E-state index in [-0.39, 0.29) is 0 Å². The summed E-state index contributed by atoms with van der Waals surface area (Å²) in [5.41, 5.74) is 10.1. The van der Waals surface area contributed by atoms with Crippen molar-refractivity contribution in [3.8, 4) is 16.8 Å². The van der Waals surface area contributed by atoms with Crippen molar-refractivity contribution in [3.63, 3.8) is 0 Å². The third-order valence-corrected chi connectivity index (χ3v) is 14.6. The molecule has 0 radical (unpaired) electrons. The molecule has 1 aliphatic heterocycles. The number of aliphatic imine (C=N–C) groups is 2. The van der Waals surface area contributed by atoms with Crippen LogP contribution in [0.4, 0.5) is 0 Å². The summed E-state index contributed by atoms with van der Waals surface area (Å²) < 4.78 is 9.31. The van der Waals surface area contributed by atoms with Gasteiger partial charge in [0.25, 0.3) is 0 Å². The van der Waals surface area contributed by atoms with E-state index in [9.17, 15) is 0 Å². The lowest BCUT2D eigenvalue weighted by molar-refractivity contribution is 0.669. The van der Waals surface area contributed by atoms with Crippen LogP contribution in [0.15, 0.2) is 245 Å². The molecule has 5 heteroatoms. The Bertz CT molecular complexity index is 4480. The molecule has 0 fully saturated rings. The minimum Gasteiger partial charge on any atom is -0.455 e. The second kappa shape index (κ2) is 15.1. The molecule has 0 aliphatic carbocycles. The van der Waals surface area contributed by atoms with Crippen LogP contribution in [-0.2, 0) is 0 Å². The fourth-order valence-electron chi connectivity index (χ4n) is 11.4. The Hall–Kier alpha value is -9.32. The Labute approximate surface area is 401 Å². The molecular formula is C65H40N4O. The minimum absolute atomic E-state index is 0.525. The average Bonchev–Trinajstić information content (AvgIpc) is 3.96. The summed E-state index contributed by atoms with van der Waals surface area (Å²) in [6, 6.07) is 82.9. The molecule has 0 spiro atoms. The fourth-order valence-corrected chi connectivity index (χ4v) is 11.4. The summed E-state index contributed by atoms with van der Waals surface area (Å²) in [6.45, 7) is 0. The first kappa shape index (κ1) is 38.8. The van der Waals surface area contributed by atoms with Gasteiger partial charge in [-0.1, -0.05) is 182 Å². The molecule has 1 atom stereocenters. The van der Waals surface area contributed by atoms with Crippen molar-refractivity contribution in [1.29, 1.82) is 0 Å². The second-order valence-corrected chi connectivity index (χ2v) is 18.5. The monoisotopic (exact) mass is 892 g/mol. The Kier molecular flexibility index (Phi) is 8.36. The van der Waals surface area contributed by atoms with Gasteiger partial charge in [-0.25, -0.2) is 9.98 Å². The molecule has 0 bridgehead atoms. The van der Waals surface area contributed by atoms with Crippen LogP contribution in [0.25, 0.3) is 114 Å². The van der Waals surface area contributed by atoms with Gasteiger partial charge >= 0.3 is 0 Å². The first-order chi connectivity index (χ1) is 34.7. The molecule has 1 aliphatic rings. The van der Waals surface area contributed by atoms with Gasteiger partial charge in [-0.15, -0.1) is 0 Å². The predicted molar refractivity (Wildman–Crippen MR) is 293 cm³/mol. The Morgan fingerprint density at radius 2 is 0.929 bits per heavy atom. The van der Waals surface area contributed by atoms with Crippen LogP contribution < -0.4 is 5.32 Å². The zero-order valence-corrected chi connectivity index (χ0v) is 37.8. The smallest absolute Gasteiger partial charge is 0.160 e. The zero-order valence-electron chi connectivity index (χ0n) is 37.8. The Balaban J connectivity index is 1.03. The highest BCUT2D eigenvalue weighted by atomic mass is 16.3. The predicted octanol–water partition coefficient (Wildman–Crippen LogP) is 16.6. The minimum atomic E-state index is -0.525. The zero-order chi connectivity index (χ0) is 45.9. The fraction of sp³-hybridized carbons (Fsp3) is 0.0154. The van der Waals surface area contributed by atoms with E-state index in [1.54, 1.807) is 0 Å². The molecule has 3 heterocycles. The molecule has 1 N–H and O–H groups in total. The van der Waals surface area contributed by atoms with Crippen molar-refractivity contribution in [2.75, 3.05) is 0 Å². The van der Waals surface area contributed by atoms with E-state index in [0.29, 0.717) is 5.84 Å². The van der Waals surface area contributed by atoms with Gasteiger partial charge in [0.05, 0.1) is 16.7 Å². The highest BCUT2D eigenvalue weighted by Gasteiger charge is 2.28. The van der Waals surface area contributed by atoms with Crippen LogP contribution in [0.1, 0.15) is 22.9 Å². The van der Waals surface area contributed by atoms with Gasteiger partial charge in [-0.2, -0.15) is 0 Å². The Morgan fingerprint density at radius 3 is 1.60 bits per heavy atom. The number of aromatic nitrogens is 1. The molecule has 0 saturated carbocycles. The number of furan rings is 1. The number of amidine groups is 2. The quantitative estimate of drug-likeness (QED) is 0.175. The molecule has 0 amide bonds. The van der Waals surface area contributed by atoms with E-state index >= 15 is 0 Å². The number of rotatable bonds is 5. The number of hydrogen-bond acceptors (Lipinski definition) is 4. The summed E-state index contributed by atoms with van der Waals surface area (Å²) in [4.78, 5) is 11.3. The number of nitrogens with one attached hydrogen (secondary N) is 1. The molecule has 326 valence electrons. The van der Waals surface area contributed by atoms with Crippen molar-refractivity contribution < 1.29 is 4.42 Å². The summed E-state index contributed by atoms with van der Waals surface area (Å²) in [6.07, 6.45) is -0.525. The number of fused-ring (bicyclic) bond motifs is 11. The van der Waals surface area contributed by atoms with E-state index in [0.717, 1.165) is 115 Å². The normalized spacial score (nSPS) is 14.1. The topological polar surface area (TPSA) is 54.8 Å². The standard InChI is InChI=1S/C65H40N4O/c1-2-17-40-38-58-54(36-39(40)16-1)50-26-11-13-30-56(50)69(58)57-33-32-45(37-55(57)53-29-15-28-52-51-27-12-14-31-59(51)70-62(52)53)63-66-64(60-46-22-7-3-18-41(46)34-42-19-4-8-23-47(42)60)68-65(67-63)61-48-24-9-5-20-43(48)35-44-21-6-10-25-49(44)61/h1-38,63H,(H,66,67,68).